The zero-order chi connectivity index (χ0) is 29.3. The van der Waals surface area contributed by atoms with Gasteiger partial charge in [-0.15, -0.1) is 10.2 Å². The van der Waals surface area contributed by atoms with Crippen LogP contribution in [0.15, 0.2) is 67.0 Å². The fourth-order valence-corrected chi connectivity index (χ4v) is 4.99. The molecule has 1 aliphatic heterocycles. The molecule has 0 radical (unpaired) electrons. The molecular weight excluding hydrogens is 528 g/mol. The lowest BCUT2D eigenvalue weighted by Crippen LogP contribution is -2.47. The van der Waals surface area contributed by atoms with Gasteiger partial charge in [0, 0.05) is 35.8 Å². The van der Waals surface area contributed by atoms with E-state index in [1.807, 2.05) is 24.3 Å². The average Bonchev–Trinajstić information content (AvgIpc) is 3.66. The van der Waals surface area contributed by atoms with Gasteiger partial charge in [-0.05, 0) is 61.1 Å². The van der Waals surface area contributed by atoms with Gasteiger partial charge in [0.25, 0.3) is 11.7 Å². The number of hydrogen-bond donors (Lipinski definition) is 1. The minimum Gasteiger partial charge on any atom is -0.343 e. The highest BCUT2D eigenvalue weighted by Crippen LogP contribution is 2.53. The van der Waals surface area contributed by atoms with E-state index in [1.54, 1.807) is 33.9 Å². The second-order valence-electron chi connectivity index (χ2n) is 11.6. The minimum absolute atomic E-state index is 0.00854. The number of pyridine rings is 1. The quantitative estimate of drug-likeness (QED) is 0.325. The summed E-state index contributed by atoms with van der Waals surface area (Å²) in [4.78, 5) is 35.2. The standard InChI is InChI=1S/C28H24N8O2.C4H10/c37-24(35-13-2-14-35)17-30-25(38)19-6-4-18(5-7-19)23-16-31-27-33-32-26(36(27)34-23)28(10-11-28)21-8-9-22-20(15-21)3-1-12-29-22;1-4(2)3/h1,3-9,12,15-16H,2,10-11,13-14,17H2,(H,30,38);4H,1-3H3. The monoisotopic (exact) mass is 562 g/mol. The van der Waals surface area contributed by atoms with Gasteiger partial charge in [0.2, 0.25) is 5.91 Å². The van der Waals surface area contributed by atoms with Gasteiger partial charge >= 0.3 is 0 Å². The van der Waals surface area contributed by atoms with Crippen molar-refractivity contribution in [3.8, 4) is 11.3 Å². The van der Waals surface area contributed by atoms with E-state index in [4.69, 9.17) is 5.10 Å². The summed E-state index contributed by atoms with van der Waals surface area (Å²) < 4.78 is 1.73. The fourth-order valence-electron chi connectivity index (χ4n) is 4.99. The van der Waals surface area contributed by atoms with Crippen LogP contribution >= 0.6 is 0 Å². The number of carbonyl (C=O) groups excluding carboxylic acids is 2. The Bertz CT molecular complexity index is 1750. The molecule has 1 saturated heterocycles. The van der Waals surface area contributed by atoms with Crippen LogP contribution in [-0.4, -0.2) is 66.1 Å². The van der Waals surface area contributed by atoms with E-state index in [-0.39, 0.29) is 23.8 Å². The van der Waals surface area contributed by atoms with Gasteiger partial charge in [0.05, 0.1) is 23.7 Å². The van der Waals surface area contributed by atoms with Crippen LogP contribution in [0.3, 0.4) is 0 Å². The number of nitrogens with zero attached hydrogens (tertiary/aromatic N) is 7. The molecular formula is C32H34N8O2. The third kappa shape index (κ3) is 5.44. The van der Waals surface area contributed by atoms with Crippen molar-refractivity contribution in [2.45, 2.75) is 45.4 Å². The summed E-state index contributed by atoms with van der Waals surface area (Å²) in [7, 11) is 0. The van der Waals surface area contributed by atoms with Gasteiger partial charge in [0.1, 0.15) is 5.69 Å². The molecule has 2 fully saturated rings. The lowest BCUT2D eigenvalue weighted by Gasteiger charge is -2.30. The maximum absolute atomic E-state index is 12.5. The Morgan fingerprint density at radius 1 is 0.976 bits per heavy atom. The lowest BCUT2D eigenvalue weighted by atomic mass is 9.94. The number of aromatic nitrogens is 6. The molecule has 2 aliphatic rings. The van der Waals surface area contributed by atoms with Crippen molar-refractivity contribution in [2.24, 2.45) is 5.92 Å². The van der Waals surface area contributed by atoms with Crippen molar-refractivity contribution in [3.63, 3.8) is 0 Å². The second-order valence-corrected chi connectivity index (χ2v) is 11.6. The third-order valence-corrected chi connectivity index (χ3v) is 7.52. The fraction of sp³-hybridized carbons (Fsp3) is 0.344. The van der Waals surface area contributed by atoms with Crippen molar-refractivity contribution < 1.29 is 9.59 Å². The van der Waals surface area contributed by atoms with Crippen molar-refractivity contribution in [1.82, 2.24) is 40.0 Å². The van der Waals surface area contributed by atoms with Crippen LogP contribution in [0, 0.1) is 5.92 Å². The van der Waals surface area contributed by atoms with Gasteiger partial charge in [-0.1, -0.05) is 45.0 Å². The molecule has 4 heterocycles. The van der Waals surface area contributed by atoms with E-state index in [0.29, 0.717) is 17.0 Å². The van der Waals surface area contributed by atoms with E-state index in [0.717, 1.165) is 60.6 Å². The van der Waals surface area contributed by atoms with Gasteiger partial charge in [-0.3, -0.25) is 14.6 Å². The zero-order valence-electron chi connectivity index (χ0n) is 24.1. The average molecular weight is 563 g/mol. The number of likely N-dealkylation sites (tertiary alicyclic amines) is 1. The van der Waals surface area contributed by atoms with E-state index < -0.39 is 0 Å². The highest BCUT2D eigenvalue weighted by atomic mass is 16.2. The topological polar surface area (TPSA) is 118 Å². The highest BCUT2D eigenvalue weighted by molar-refractivity contribution is 5.96. The lowest BCUT2D eigenvalue weighted by molar-refractivity contribution is -0.133. The molecule has 0 spiro atoms. The molecule has 1 N–H and O–H groups in total. The van der Waals surface area contributed by atoms with Crippen LogP contribution in [0.2, 0.25) is 0 Å². The van der Waals surface area contributed by atoms with E-state index in [2.05, 4.69) is 64.5 Å². The Labute approximate surface area is 244 Å². The molecule has 5 aromatic rings. The summed E-state index contributed by atoms with van der Waals surface area (Å²) in [5.74, 6) is 1.71. The summed E-state index contributed by atoms with van der Waals surface area (Å²) in [6, 6.07) is 17.4. The first-order chi connectivity index (χ1) is 20.3. The first-order valence-electron chi connectivity index (χ1n) is 14.4. The molecule has 1 aliphatic carbocycles. The number of fused-ring (bicyclic) bond motifs is 2. The van der Waals surface area contributed by atoms with E-state index >= 15 is 0 Å². The van der Waals surface area contributed by atoms with Gasteiger partial charge in [-0.2, -0.15) is 9.61 Å². The van der Waals surface area contributed by atoms with E-state index in [1.165, 1.54) is 5.56 Å². The smallest absolute Gasteiger partial charge is 0.271 e. The molecule has 214 valence electrons. The molecule has 10 nitrogen and oxygen atoms in total. The zero-order valence-corrected chi connectivity index (χ0v) is 24.1. The second kappa shape index (κ2) is 11.3. The third-order valence-electron chi connectivity index (χ3n) is 7.52. The summed E-state index contributed by atoms with van der Waals surface area (Å²) in [6.45, 7) is 8.04. The first kappa shape index (κ1) is 27.4. The predicted molar refractivity (Wildman–Crippen MR) is 160 cm³/mol. The van der Waals surface area contributed by atoms with Crippen LogP contribution in [-0.2, 0) is 10.2 Å². The molecule has 1 saturated carbocycles. The molecule has 2 amide bonds. The summed E-state index contributed by atoms with van der Waals surface area (Å²) in [5, 5.41) is 17.4. The van der Waals surface area contributed by atoms with Crippen LogP contribution in [0.1, 0.15) is 61.8 Å². The highest BCUT2D eigenvalue weighted by Gasteiger charge is 2.50. The summed E-state index contributed by atoms with van der Waals surface area (Å²) in [5.41, 5.74) is 3.81. The number of hydrogen-bond acceptors (Lipinski definition) is 7. The maximum Gasteiger partial charge on any atom is 0.271 e. The maximum atomic E-state index is 12.5. The number of benzene rings is 2. The van der Waals surface area contributed by atoms with Crippen molar-refractivity contribution >= 4 is 28.5 Å². The predicted octanol–water partition coefficient (Wildman–Crippen LogP) is 4.44. The summed E-state index contributed by atoms with van der Waals surface area (Å²) in [6.07, 6.45) is 6.39. The number of amides is 2. The van der Waals surface area contributed by atoms with Crippen LogP contribution < -0.4 is 5.32 Å². The minimum atomic E-state index is -0.283. The SMILES string of the molecule is CC(C)C.O=C(NCC(=O)N1CCC1)c1ccc(-c2cnc3nnc(C4(c5ccc6ncccc6c5)CC4)n3n2)cc1. The molecule has 7 rings (SSSR count). The van der Waals surface area contributed by atoms with Gasteiger partial charge in [-0.25, -0.2) is 4.98 Å². The Morgan fingerprint density at radius 3 is 2.43 bits per heavy atom. The van der Waals surface area contributed by atoms with Crippen LogP contribution in [0.4, 0.5) is 0 Å². The Hall–Kier alpha value is -4.73. The normalized spacial score (nSPS) is 15.2. The summed E-state index contributed by atoms with van der Waals surface area (Å²) >= 11 is 0. The van der Waals surface area contributed by atoms with Crippen molar-refractivity contribution in [3.05, 3.63) is 83.9 Å². The molecule has 10 heteroatoms. The molecule has 2 aromatic carbocycles. The molecule has 0 unspecified atom stereocenters. The molecule has 0 bridgehead atoms. The van der Waals surface area contributed by atoms with Gasteiger partial charge in [0.15, 0.2) is 5.82 Å². The number of rotatable bonds is 6. The van der Waals surface area contributed by atoms with Crippen LogP contribution in [0.5, 0.6) is 0 Å². The van der Waals surface area contributed by atoms with Crippen molar-refractivity contribution in [2.75, 3.05) is 19.6 Å². The Kier molecular flexibility index (Phi) is 7.36. The van der Waals surface area contributed by atoms with Crippen LogP contribution in [0.25, 0.3) is 27.9 Å². The number of carbonyl (C=O) groups is 2. The number of nitrogens with one attached hydrogen (secondary N) is 1. The Morgan fingerprint density at radius 2 is 1.74 bits per heavy atom. The first-order valence-corrected chi connectivity index (χ1v) is 14.4. The van der Waals surface area contributed by atoms with Gasteiger partial charge < -0.3 is 10.2 Å². The van der Waals surface area contributed by atoms with E-state index in [9.17, 15) is 9.59 Å². The Balaban J connectivity index is 0.000000744. The largest absolute Gasteiger partial charge is 0.343 e. The molecule has 0 atom stereocenters. The van der Waals surface area contributed by atoms with Crippen molar-refractivity contribution in [1.29, 1.82) is 0 Å². The molecule has 42 heavy (non-hydrogen) atoms. The molecule has 3 aromatic heterocycles.